The van der Waals surface area contributed by atoms with Gasteiger partial charge < -0.3 is 14.8 Å². The summed E-state index contributed by atoms with van der Waals surface area (Å²) >= 11 is 0. The van der Waals surface area contributed by atoms with E-state index in [4.69, 9.17) is 9.47 Å². The van der Waals surface area contributed by atoms with E-state index in [0.29, 0.717) is 6.61 Å². The van der Waals surface area contributed by atoms with Crippen molar-refractivity contribution in [3.05, 3.63) is 35.6 Å². The third-order valence-corrected chi connectivity index (χ3v) is 3.79. The van der Waals surface area contributed by atoms with E-state index in [1.807, 2.05) is 20.8 Å². The monoisotopic (exact) mass is 323 g/mol. The molecule has 4 nitrogen and oxygen atoms in total. The molecule has 1 fully saturated rings. The van der Waals surface area contributed by atoms with Crippen molar-refractivity contribution in [2.75, 3.05) is 0 Å². The predicted octanol–water partition coefficient (Wildman–Crippen LogP) is 4.18. The highest BCUT2D eigenvalue weighted by Gasteiger charge is 2.25. The van der Waals surface area contributed by atoms with Crippen LogP contribution in [-0.2, 0) is 16.1 Å². The van der Waals surface area contributed by atoms with Crippen molar-refractivity contribution in [3.63, 3.8) is 0 Å². The minimum Gasteiger partial charge on any atom is -0.444 e. The molecule has 0 unspecified atom stereocenters. The van der Waals surface area contributed by atoms with Crippen molar-refractivity contribution < 1.29 is 18.7 Å². The van der Waals surface area contributed by atoms with Crippen molar-refractivity contribution in [1.82, 2.24) is 5.32 Å². The lowest BCUT2D eigenvalue weighted by Gasteiger charge is -2.30. The average Bonchev–Trinajstić information content (AvgIpc) is 2.46. The molecule has 0 bridgehead atoms. The minimum atomic E-state index is -0.473. The third kappa shape index (κ3) is 6.57. The van der Waals surface area contributed by atoms with Gasteiger partial charge in [0.1, 0.15) is 11.4 Å². The van der Waals surface area contributed by atoms with E-state index in [1.54, 1.807) is 12.1 Å². The second-order valence-corrected chi connectivity index (χ2v) is 7.06. The summed E-state index contributed by atoms with van der Waals surface area (Å²) in [5, 5.41) is 2.92. The normalized spacial score (nSPS) is 21.7. The number of hydrogen-bond acceptors (Lipinski definition) is 3. The number of rotatable bonds is 4. The highest BCUT2D eigenvalue weighted by Crippen LogP contribution is 2.22. The fraction of sp³-hybridized carbons (Fsp3) is 0.611. The molecule has 0 radical (unpaired) electrons. The Balaban J connectivity index is 1.67. The van der Waals surface area contributed by atoms with Crippen LogP contribution in [0.25, 0.3) is 0 Å². The van der Waals surface area contributed by atoms with Crippen LogP contribution in [0.3, 0.4) is 0 Å². The fourth-order valence-corrected chi connectivity index (χ4v) is 2.64. The maximum absolute atomic E-state index is 12.8. The second-order valence-electron chi connectivity index (χ2n) is 7.06. The van der Waals surface area contributed by atoms with Crippen LogP contribution in [0.1, 0.15) is 52.0 Å². The van der Waals surface area contributed by atoms with E-state index in [9.17, 15) is 9.18 Å². The molecule has 23 heavy (non-hydrogen) atoms. The topological polar surface area (TPSA) is 47.6 Å². The standard InChI is InChI=1S/C18H26FNO3/c1-18(2,3)23-17(21)20-15-8-10-16(11-9-15)22-12-13-4-6-14(19)7-5-13/h4-7,15-16H,8-12H2,1-3H3,(H,20,21)/t15-,16-. The number of halogens is 1. The molecule has 1 N–H and O–H groups in total. The molecule has 0 heterocycles. The number of carbonyl (C=O) groups excluding carboxylic acids is 1. The Morgan fingerprint density at radius 2 is 1.78 bits per heavy atom. The zero-order chi connectivity index (χ0) is 16.9. The first-order valence-corrected chi connectivity index (χ1v) is 8.17. The highest BCUT2D eigenvalue weighted by atomic mass is 19.1. The molecule has 2 rings (SSSR count). The number of ether oxygens (including phenoxy) is 2. The quantitative estimate of drug-likeness (QED) is 0.904. The Morgan fingerprint density at radius 3 is 2.35 bits per heavy atom. The number of benzene rings is 1. The largest absolute Gasteiger partial charge is 0.444 e. The predicted molar refractivity (Wildman–Crippen MR) is 86.6 cm³/mol. The van der Waals surface area contributed by atoms with Gasteiger partial charge in [0.15, 0.2) is 0 Å². The molecule has 0 spiro atoms. The Labute approximate surface area is 137 Å². The zero-order valence-electron chi connectivity index (χ0n) is 14.1. The molecule has 1 aromatic carbocycles. The lowest BCUT2D eigenvalue weighted by atomic mass is 9.93. The van der Waals surface area contributed by atoms with Crippen molar-refractivity contribution in [2.24, 2.45) is 0 Å². The van der Waals surface area contributed by atoms with Crippen LogP contribution in [0.4, 0.5) is 9.18 Å². The molecule has 5 heteroatoms. The molecule has 0 atom stereocenters. The lowest BCUT2D eigenvalue weighted by Crippen LogP contribution is -2.41. The summed E-state index contributed by atoms with van der Waals surface area (Å²) in [6, 6.07) is 6.52. The van der Waals surface area contributed by atoms with E-state index in [0.717, 1.165) is 31.2 Å². The van der Waals surface area contributed by atoms with Crippen LogP contribution in [0.15, 0.2) is 24.3 Å². The van der Waals surface area contributed by atoms with Crippen LogP contribution in [0.5, 0.6) is 0 Å². The first-order chi connectivity index (χ1) is 10.8. The number of amides is 1. The molecule has 1 saturated carbocycles. The lowest BCUT2D eigenvalue weighted by molar-refractivity contribution is 0.00833. The zero-order valence-corrected chi connectivity index (χ0v) is 14.1. The van der Waals surface area contributed by atoms with E-state index in [2.05, 4.69) is 5.32 Å². The van der Waals surface area contributed by atoms with Crippen molar-refractivity contribution in [2.45, 2.75) is 70.8 Å². The molecule has 0 aliphatic heterocycles. The molecule has 128 valence electrons. The Morgan fingerprint density at radius 1 is 1.17 bits per heavy atom. The SMILES string of the molecule is CC(C)(C)OC(=O)N[C@H]1CC[C@H](OCc2ccc(F)cc2)CC1. The fourth-order valence-electron chi connectivity index (χ4n) is 2.64. The van der Waals surface area contributed by atoms with Gasteiger partial charge in [-0.05, 0) is 64.2 Å². The Bertz CT molecular complexity index is 502. The molecule has 1 aliphatic carbocycles. The van der Waals surface area contributed by atoms with Gasteiger partial charge >= 0.3 is 6.09 Å². The maximum atomic E-state index is 12.8. The van der Waals surface area contributed by atoms with E-state index in [-0.39, 0.29) is 24.1 Å². The summed E-state index contributed by atoms with van der Waals surface area (Å²) in [5.41, 5.74) is 0.500. The summed E-state index contributed by atoms with van der Waals surface area (Å²) in [4.78, 5) is 11.8. The summed E-state index contributed by atoms with van der Waals surface area (Å²) in [5.74, 6) is -0.234. The second kappa shape index (κ2) is 7.77. The minimum absolute atomic E-state index is 0.149. The van der Waals surface area contributed by atoms with E-state index >= 15 is 0 Å². The van der Waals surface area contributed by atoms with Gasteiger partial charge in [0.2, 0.25) is 0 Å². The van der Waals surface area contributed by atoms with E-state index < -0.39 is 5.60 Å². The summed E-state index contributed by atoms with van der Waals surface area (Å²) in [6.07, 6.45) is 3.41. The molecule has 1 aromatic rings. The molecule has 0 aromatic heterocycles. The van der Waals surface area contributed by atoms with Crippen molar-refractivity contribution >= 4 is 6.09 Å². The molecule has 0 saturated heterocycles. The smallest absolute Gasteiger partial charge is 0.407 e. The Kier molecular flexibility index (Phi) is 5.99. The van der Waals surface area contributed by atoms with Crippen LogP contribution in [0.2, 0.25) is 0 Å². The van der Waals surface area contributed by atoms with Gasteiger partial charge in [-0.2, -0.15) is 0 Å². The number of nitrogens with one attached hydrogen (secondary N) is 1. The summed E-state index contributed by atoms with van der Waals surface area (Å²) < 4.78 is 24.0. The average molecular weight is 323 g/mol. The highest BCUT2D eigenvalue weighted by molar-refractivity contribution is 5.68. The number of hydrogen-bond donors (Lipinski definition) is 1. The van der Waals surface area contributed by atoms with Crippen LogP contribution < -0.4 is 5.32 Å². The molecule has 1 amide bonds. The summed E-state index contributed by atoms with van der Waals surface area (Å²) in [7, 11) is 0. The van der Waals surface area contributed by atoms with Gasteiger partial charge in [0.25, 0.3) is 0 Å². The first-order valence-electron chi connectivity index (χ1n) is 8.17. The summed E-state index contributed by atoms with van der Waals surface area (Å²) in [6.45, 7) is 6.06. The van der Waals surface area contributed by atoms with E-state index in [1.165, 1.54) is 12.1 Å². The Hall–Kier alpha value is -1.62. The third-order valence-electron chi connectivity index (χ3n) is 3.79. The molecular formula is C18H26FNO3. The van der Waals surface area contributed by atoms with Gasteiger partial charge in [0.05, 0.1) is 12.7 Å². The van der Waals surface area contributed by atoms with Crippen molar-refractivity contribution in [3.8, 4) is 0 Å². The molecule has 1 aliphatic rings. The van der Waals surface area contributed by atoms with Crippen LogP contribution >= 0.6 is 0 Å². The van der Waals surface area contributed by atoms with Gasteiger partial charge in [0, 0.05) is 6.04 Å². The van der Waals surface area contributed by atoms with Gasteiger partial charge in [-0.15, -0.1) is 0 Å². The number of carbonyl (C=O) groups is 1. The van der Waals surface area contributed by atoms with Crippen molar-refractivity contribution in [1.29, 1.82) is 0 Å². The molecular weight excluding hydrogens is 297 g/mol. The van der Waals surface area contributed by atoms with Gasteiger partial charge in [-0.25, -0.2) is 9.18 Å². The van der Waals surface area contributed by atoms with Gasteiger partial charge in [-0.1, -0.05) is 12.1 Å². The van der Waals surface area contributed by atoms with Crippen LogP contribution in [-0.4, -0.2) is 23.8 Å². The first kappa shape index (κ1) is 17.7. The van der Waals surface area contributed by atoms with Crippen LogP contribution in [0, 0.1) is 5.82 Å². The number of alkyl carbamates (subject to hydrolysis) is 1. The maximum Gasteiger partial charge on any atom is 0.407 e. The van der Waals surface area contributed by atoms with Gasteiger partial charge in [-0.3, -0.25) is 0 Å².